The highest BCUT2D eigenvalue weighted by Crippen LogP contribution is 2.18. The molecule has 6 amide bonds. The van der Waals surface area contributed by atoms with Gasteiger partial charge in [-0.2, -0.15) is 0 Å². The summed E-state index contributed by atoms with van der Waals surface area (Å²) in [4.78, 5) is 87.4. The molecule has 0 aromatic carbocycles. The molecule has 270 valence electrons. The Morgan fingerprint density at radius 3 is 2.25 bits per heavy atom. The predicted octanol–water partition coefficient (Wildman–Crippen LogP) is -0.104. The number of ketones is 1. The Hall–Kier alpha value is -4.11. The molecule has 5 N–H and O–H groups in total. The molecular weight excluding hydrogens is 624 g/mol. The Morgan fingerprint density at radius 2 is 1.58 bits per heavy atom. The number of hydrogen-bond acceptors (Lipinski definition) is 9. The molecule has 0 aromatic heterocycles. The Bertz CT molecular complexity index is 1140. The Balaban J connectivity index is 2.33. The molecule has 0 spiro atoms. The van der Waals surface area contributed by atoms with E-state index >= 15 is 0 Å². The number of nitrogens with one attached hydrogen (secondary N) is 5. The Labute approximate surface area is 283 Å². The summed E-state index contributed by atoms with van der Waals surface area (Å²) < 4.78 is 10.8. The first-order valence-electron chi connectivity index (χ1n) is 16.5. The average molecular weight is 679 g/mol. The van der Waals surface area contributed by atoms with Gasteiger partial charge in [-0.25, -0.2) is 0 Å². The number of carbonyl (C=O) groups excluding carboxylic acids is 7. The van der Waals surface area contributed by atoms with E-state index in [-0.39, 0.29) is 56.3 Å². The average Bonchev–Trinajstić information content (AvgIpc) is 3.53. The first-order chi connectivity index (χ1) is 22.8. The maximum atomic E-state index is 12.9. The van der Waals surface area contributed by atoms with Gasteiger partial charge in [-0.3, -0.25) is 33.6 Å². The topological polar surface area (TPSA) is 201 Å². The van der Waals surface area contributed by atoms with Gasteiger partial charge in [0.15, 0.2) is 5.78 Å². The molecule has 1 aliphatic heterocycles. The maximum absolute atomic E-state index is 12.9. The fourth-order valence-electron chi connectivity index (χ4n) is 4.79. The van der Waals surface area contributed by atoms with Crippen LogP contribution in [0.25, 0.3) is 0 Å². The highest BCUT2D eigenvalue weighted by molar-refractivity contribution is 5.96. The van der Waals surface area contributed by atoms with Crippen LogP contribution in [0.1, 0.15) is 66.2 Å². The molecule has 0 bridgehead atoms. The van der Waals surface area contributed by atoms with Crippen LogP contribution in [0.2, 0.25) is 0 Å². The van der Waals surface area contributed by atoms with Gasteiger partial charge in [0.25, 0.3) is 0 Å². The van der Waals surface area contributed by atoms with Crippen LogP contribution in [0.15, 0.2) is 24.8 Å². The number of ether oxygens (including phenoxy) is 2. The summed E-state index contributed by atoms with van der Waals surface area (Å²) in [6.45, 7) is 15.4. The minimum Gasteiger partial charge on any atom is -0.379 e. The number of rotatable bonds is 24. The molecule has 15 nitrogen and oxygen atoms in total. The van der Waals surface area contributed by atoms with Gasteiger partial charge in [0, 0.05) is 38.2 Å². The second-order valence-corrected chi connectivity index (χ2v) is 12.1. The molecule has 0 aliphatic carbocycles. The standard InChI is InChI=1S/C33H54N6O9/c1-7-28(41)37-24(6)33(46)39-15-8-11-26(39)32(45)36-20-29(42)38-25(19-22(2)3)27(40)12-9-16-47-17-18-48-21-30(43)34-13-10-14-35-31(44)23(4)5/h7,22,24-26H,1,4,8-21H2,2-3,5-6H3,(H,34,43)(H,35,44)(H,36,45)(H,37,41)(H,38,42)/t24-,25-,26-/m0/s1. The van der Waals surface area contributed by atoms with Gasteiger partial charge < -0.3 is 41.0 Å². The summed E-state index contributed by atoms with van der Waals surface area (Å²) in [7, 11) is 0. The van der Waals surface area contributed by atoms with Gasteiger partial charge in [0.05, 0.1) is 25.8 Å². The van der Waals surface area contributed by atoms with Crippen molar-refractivity contribution in [3.8, 4) is 0 Å². The van der Waals surface area contributed by atoms with Crippen molar-refractivity contribution in [2.45, 2.75) is 84.3 Å². The smallest absolute Gasteiger partial charge is 0.246 e. The molecule has 1 fully saturated rings. The van der Waals surface area contributed by atoms with Crippen molar-refractivity contribution in [1.82, 2.24) is 31.5 Å². The minimum atomic E-state index is -0.835. The number of nitrogens with zero attached hydrogens (tertiary/aromatic N) is 1. The lowest BCUT2D eigenvalue weighted by Gasteiger charge is -2.27. The fourth-order valence-corrected chi connectivity index (χ4v) is 4.79. The van der Waals surface area contributed by atoms with Crippen LogP contribution in [0.3, 0.4) is 0 Å². The second-order valence-electron chi connectivity index (χ2n) is 12.1. The van der Waals surface area contributed by atoms with E-state index in [1.165, 1.54) is 11.8 Å². The summed E-state index contributed by atoms with van der Waals surface area (Å²) in [5.74, 6) is -2.41. The summed E-state index contributed by atoms with van der Waals surface area (Å²) in [6.07, 6.45) is 3.72. The van der Waals surface area contributed by atoms with Crippen molar-refractivity contribution < 1.29 is 43.0 Å². The van der Waals surface area contributed by atoms with E-state index in [4.69, 9.17) is 9.47 Å². The normalized spacial score (nSPS) is 15.2. The highest BCUT2D eigenvalue weighted by atomic mass is 16.5. The van der Waals surface area contributed by atoms with E-state index in [2.05, 4.69) is 39.7 Å². The number of likely N-dealkylation sites (tertiary alicyclic amines) is 1. The van der Waals surface area contributed by atoms with Gasteiger partial charge in [-0.1, -0.05) is 27.0 Å². The molecule has 0 saturated carbocycles. The van der Waals surface area contributed by atoms with Gasteiger partial charge >= 0.3 is 0 Å². The van der Waals surface area contributed by atoms with Gasteiger partial charge in [0.1, 0.15) is 18.7 Å². The van der Waals surface area contributed by atoms with Crippen LogP contribution in [0.4, 0.5) is 0 Å². The molecule has 0 unspecified atom stereocenters. The summed E-state index contributed by atoms with van der Waals surface area (Å²) >= 11 is 0. The zero-order valence-corrected chi connectivity index (χ0v) is 28.8. The van der Waals surface area contributed by atoms with Gasteiger partial charge in [-0.15, -0.1) is 0 Å². The third-order valence-corrected chi connectivity index (χ3v) is 7.27. The van der Waals surface area contributed by atoms with E-state index in [9.17, 15) is 33.6 Å². The lowest BCUT2D eigenvalue weighted by molar-refractivity contribution is -0.141. The van der Waals surface area contributed by atoms with Crippen molar-refractivity contribution in [3.05, 3.63) is 24.8 Å². The van der Waals surface area contributed by atoms with Crippen LogP contribution < -0.4 is 26.6 Å². The molecular formula is C33H54N6O9. The monoisotopic (exact) mass is 678 g/mol. The van der Waals surface area contributed by atoms with Crippen LogP contribution >= 0.6 is 0 Å². The van der Waals surface area contributed by atoms with Crippen molar-refractivity contribution in [2.75, 3.05) is 52.6 Å². The molecule has 48 heavy (non-hydrogen) atoms. The SMILES string of the molecule is C=CC(=O)N[C@@H](C)C(=O)N1CCC[C@H]1C(=O)NCC(=O)N[C@@H](CC(C)C)C(=O)CCCOCCOCC(=O)NCCCNC(=O)C(=C)C. The molecule has 1 saturated heterocycles. The quantitative estimate of drug-likeness (QED) is 0.0683. The van der Waals surface area contributed by atoms with Crippen LogP contribution in [-0.4, -0.2) is 117 Å². The summed E-state index contributed by atoms with van der Waals surface area (Å²) in [5.41, 5.74) is 0.425. The van der Waals surface area contributed by atoms with E-state index < -0.39 is 41.8 Å². The predicted molar refractivity (Wildman–Crippen MR) is 178 cm³/mol. The molecule has 1 heterocycles. The summed E-state index contributed by atoms with van der Waals surface area (Å²) in [6, 6.07) is -2.32. The van der Waals surface area contributed by atoms with Crippen molar-refractivity contribution in [2.24, 2.45) is 5.92 Å². The van der Waals surface area contributed by atoms with E-state index in [1.54, 1.807) is 6.92 Å². The third kappa shape index (κ3) is 17.2. The van der Waals surface area contributed by atoms with Crippen LogP contribution in [0, 0.1) is 5.92 Å². The van der Waals surface area contributed by atoms with Crippen molar-refractivity contribution in [1.29, 1.82) is 0 Å². The van der Waals surface area contributed by atoms with Crippen molar-refractivity contribution >= 4 is 41.2 Å². The molecule has 0 aromatic rings. The van der Waals surface area contributed by atoms with E-state index in [0.717, 1.165) is 6.08 Å². The van der Waals surface area contributed by atoms with Crippen molar-refractivity contribution in [3.63, 3.8) is 0 Å². The van der Waals surface area contributed by atoms with E-state index in [0.29, 0.717) is 63.9 Å². The third-order valence-electron chi connectivity index (χ3n) is 7.27. The zero-order chi connectivity index (χ0) is 36.1. The first-order valence-corrected chi connectivity index (χ1v) is 16.5. The molecule has 1 rings (SSSR count). The largest absolute Gasteiger partial charge is 0.379 e. The maximum Gasteiger partial charge on any atom is 0.246 e. The van der Waals surface area contributed by atoms with Crippen LogP contribution in [-0.2, 0) is 43.0 Å². The number of amides is 6. The molecule has 3 atom stereocenters. The Kier molecular flexibility index (Phi) is 20.3. The van der Waals surface area contributed by atoms with Crippen LogP contribution in [0.5, 0.6) is 0 Å². The van der Waals surface area contributed by atoms with Gasteiger partial charge in [-0.05, 0) is 57.9 Å². The molecule has 1 aliphatic rings. The Morgan fingerprint density at radius 1 is 0.896 bits per heavy atom. The fraction of sp³-hybridized carbons (Fsp3) is 0.667. The summed E-state index contributed by atoms with van der Waals surface area (Å²) in [5, 5.41) is 13.2. The second kappa shape index (κ2) is 23.3. The molecule has 0 radical (unpaired) electrons. The number of hydrogen-bond donors (Lipinski definition) is 5. The lowest BCUT2D eigenvalue weighted by Crippen LogP contribution is -2.53. The zero-order valence-electron chi connectivity index (χ0n) is 28.8. The minimum absolute atomic E-state index is 0.122. The number of Topliss-reactive ketones (excluding diaryl/α,β-unsaturated/α-hetero) is 1. The number of carbonyl (C=O) groups is 7. The highest BCUT2D eigenvalue weighted by Gasteiger charge is 2.36. The van der Waals surface area contributed by atoms with Gasteiger partial charge in [0.2, 0.25) is 35.4 Å². The lowest BCUT2D eigenvalue weighted by atomic mass is 9.97. The first kappa shape index (κ1) is 41.9. The van der Waals surface area contributed by atoms with E-state index in [1.807, 2.05) is 13.8 Å². The molecule has 15 heteroatoms.